The van der Waals surface area contributed by atoms with Crippen molar-refractivity contribution in [3.05, 3.63) is 34.9 Å². The van der Waals surface area contributed by atoms with E-state index in [1.807, 2.05) is 11.0 Å². The van der Waals surface area contributed by atoms with Crippen LogP contribution in [0.15, 0.2) is 18.2 Å². The monoisotopic (exact) mass is 286 g/mol. The third kappa shape index (κ3) is 3.29. The predicted molar refractivity (Wildman–Crippen MR) is 85.5 cm³/mol. The van der Waals surface area contributed by atoms with Crippen LogP contribution in [0.2, 0.25) is 0 Å². The second-order valence-corrected chi connectivity index (χ2v) is 6.36. The van der Waals surface area contributed by atoms with Gasteiger partial charge in [0.05, 0.1) is 0 Å². The molecule has 3 heteroatoms. The molecule has 3 rings (SSSR count). The summed E-state index contributed by atoms with van der Waals surface area (Å²) in [6.07, 6.45) is 5.86. The summed E-state index contributed by atoms with van der Waals surface area (Å²) in [6.45, 7) is 7.44. The fourth-order valence-corrected chi connectivity index (χ4v) is 3.53. The molecule has 0 unspecified atom stereocenters. The Bertz CT molecular complexity index is 506. The van der Waals surface area contributed by atoms with Gasteiger partial charge in [0.15, 0.2) is 0 Å². The fourth-order valence-electron chi connectivity index (χ4n) is 3.53. The summed E-state index contributed by atoms with van der Waals surface area (Å²) in [4.78, 5) is 17.1. The minimum absolute atomic E-state index is 0.230. The Hall–Kier alpha value is -1.35. The van der Waals surface area contributed by atoms with Crippen molar-refractivity contribution in [1.29, 1.82) is 0 Å². The molecule has 0 spiro atoms. The van der Waals surface area contributed by atoms with Crippen molar-refractivity contribution in [3.8, 4) is 0 Å². The number of fused-ring (bicyclic) bond motifs is 1. The highest BCUT2D eigenvalue weighted by Crippen LogP contribution is 2.22. The molecule has 114 valence electrons. The Morgan fingerprint density at radius 1 is 1.10 bits per heavy atom. The molecule has 0 aromatic heterocycles. The van der Waals surface area contributed by atoms with E-state index in [1.54, 1.807) is 0 Å². The number of carbonyl (C=O) groups is 1. The molecule has 21 heavy (non-hydrogen) atoms. The van der Waals surface area contributed by atoms with E-state index in [-0.39, 0.29) is 5.91 Å². The maximum Gasteiger partial charge on any atom is 0.253 e. The summed E-state index contributed by atoms with van der Waals surface area (Å²) in [7, 11) is 0. The smallest absolute Gasteiger partial charge is 0.253 e. The van der Waals surface area contributed by atoms with Gasteiger partial charge in [-0.2, -0.15) is 0 Å². The van der Waals surface area contributed by atoms with Crippen LogP contribution < -0.4 is 0 Å². The SMILES string of the molecule is CCCN1CCc2cc(C(=O)N3CCCCC3)ccc2C1. The van der Waals surface area contributed by atoms with Crippen LogP contribution in [0.3, 0.4) is 0 Å². The number of rotatable bonds is 3. The number of hydrogen-bond donors (Lipinski definition) is 0. The Balaban J connectivity index is 1.72. The van der Waals surface area contributed by atoms with Gasteiger partial charge in [-0.1, -0.05) is 13.0 Å². The molecular weight excluding hydrogens is 260 g/mol. The van der Waals surface area contributed by atoms with Crippen LogP contribution in [-0.2, 0) is 13.0 Å². The molecule has 1 fully saturated rings. The van der Waals surface area contributed by atoms with Gasteiger partial charge in [0.1, 0.15) is 0 Å². The van der Waals surface area contributed by atoms with Gasteiger partial charge >= 0.3 is 0 Å². The van der Waals surface area contributed by atoms with Crippen LogP contribution in [0, 0.1) is 0 Å². The Morgan fingerprint density at radius 3 is 2.67 bits per heavy atom. The van der Waals surface area contributed by atoms with E-state index in [4.69, 9.17) is 0 Å². The highest BCUT2D eigenvalue weighted by atomic mass is 16.2. The lowest BCUT2D eigenvalue weighted by Crippen LogP contribution is -2.36. The lowest BCUT2D eigenvalue weighted by Gasteiger charge is -2.30. The summed E-state index contributed by atoms with van der Waals surface area (Å²) < 4.78 is 0. The van der Waals surface area contributed by atoms with Crippen molar-refractivity contribution in [1.82, 2.24) is 9.80 Å². The van der Waals surface area contributed by atoms with E-state index in [9.17, 15) is 4.79 Å². The summed E-state index contributed by atoms with van der Waals surface area (Å²) >= 11 is 0. The number of likely N-dealkylation sites (tertiary alicyclic amines) is 1. The number of piperidine rings is 1. The summed E-state index contributed by atoms with van der Waals surface area (Å²) in [5.74, 6) is 0.230. The maximum absolute atomic E-state index is 12.6. The van der Waals surface area contributed by atoms with Gasteiger partial charge < -0.3 is 4.90 Å². The summed E-state index contributed by atoms with van der Waals surface area (Å²) in [6, 6.07) is 6.36. The van der Waals surface area contributed by atoms with E-state index in [1.165, 1.54) is 30.5 Å². The zero-order chi connectivity index (χ0) is 14.7. The fraction of sp³-hybridized carbons (Fsp3) is 0.611. The number of carbonyl (C=O) groups excluding carboxylic acids is 1. The molecule has 1 amide bonds. The second kappa shape index (κ2) is 6.61. The molecular formula is C18H26N2O. The van der Waals surface area contributed by atoms with Gasteiger partial charge in [0.2, 0.25) is 0 Å². The average Bonchev–Trinajstić information content (AvgIpc) is 2.55. The molecule has 0 radical (unpaired) electrons. The number of benzene rings is 1. The van der Waals surface area contributed by atoms with Gasteiger partial charge in [0, 0.05) is 31.7 Å². The topological polar surface area (TPSA) is 23.6 Å². The lowest BCUT2D eigenvalue weighted by atomic mass is 9.96. The zero-order valence-corrected chi connectivity index (χ0v) is 13.1. The first-order valence-corrected chi connectivity index (χ1v) is 8.41. The van der Waals surface area contributed by atoms with Crippen LogP contribution in [0.4, 0.5) is 0 Å². The van der Waals surface area contributed by atoms with Crippen molar-refractivity contribution in [2.45, 2.75) is 45.6 Å². The summed E-state index contributed by atoms with van der Waals surface area (Å²) in [5, 5.41) is 0. The van der Waals surface area contributed by atoms with Crippen molar-refractivity contribution in [2.24, 2.45) is 0 Å². The van der Waals surface area contributed by atoms with Gasteiger partial charge in [-0.25, -0.2) is 0 Å². The Morgan fingerprint density at radius 2 is 1.90 bits per heavy atom. The first-order chi connectivity index (χ1) is 10.3. The van der Waals surface area contributed by atoms with Crippen LogP contribution in [-0.4, -0.2) is 41.9 Å². The highest BCUT2D eigenvalue weighted by molar-refractivity contribution is 5.94. The first-order valence-electron chi connectivity index (χ1n) is 8.41. The van der Waals surface area contributed by atoms with E-state index < -0.39 is 0 Å². The minimum Gasteiger partial charge on any atom is -0.339 e. The standard InChI is InChI=1S/C18H26N2O/c1-2-9-19-12-8-15-13-16(6-7-17(15)14-19)18(21)20-10-4-3-5-11-20/h6-7,13H,2-5,8-12,14H2,1H3. The first kappa shape index (κ1) is 14.6. The number of hydrogen-bond acceptors (Lipinski definition) is 2. The van der Waals surface area contributed by atoms with E-state index in [0.29, 0.717) is 0 Å². The molecule has 0 atom stereocenters. The zero-order valence-electron chi connectivity index (χ0n) is 13.1. The van der Waals surface area contributed by atoms with E-state index in [0.717, 1.165) is 51.0 Å². The van der Waals surface area contributed by atoms with Crippen molar-refractivity contribution < 1.29 is 4.79 Å². The molecule has 0 N–H and O–H groups in total. The van der Waals surface area contributed by atoms with Crippen LogP contribution >= 0.6 is 0 Å². The van der Waals surface area contributed by atoms with E-state index in [2.05, 4.69) is 24.0 Å². The maximum atomic E-state index is 12.6. The third-order valence-corrected chi connectivity index (χ3v) is 4.73. The van der Waals surface area contributed by atoms with Gasteiger partial charge in [-0.15, -0.1) is 0 Å². The normalized spacial score (nSPS) is 19.4. The summed E-state index contributed by atoms with van der Waals surface area (Å²) in [5.41, 5.74) is 3.68. The molecule has 2 aliphatic heterocycles. The molecule has 2 aliphatic rings. The molecule has 1 aromatic carbocycles. The van der Waals surface area contributed by atoms with E-state index >= 15 is 0 Å². The van der Waals surface area contributed by atoms with Crippen molar-refractivity contribution in [2.75, 3.05) is 26.2 Å². The number of nitrogens with zero attached hydrogens (tertiary/aromatic N) is 2. The molecule has 0 saturated carbocycles. The van der Waals surface area contributed by atoms with Crippen molar-refractivity contribution in [3.63, 3.8) is 0 Å². The third-order valence-electron chi connectivity index (χ3n) is 4.73. The largest absolute Gasteiger partial charge is 0.339 e. The second-order valence-electron chi connectivity index (χ2n) is 6.36. The van der Waals surface area contributed by atoms with Crippen molar-refractivity contribution >= 4 is 5.91 Å². The molecule has 1 aromatic rings. The molecule has 2 heterocycles. The van der Waals surface area contributed by atoms with Gasteiger partial charge in [0.25, 0.3) is 5.91 Å². The lowest BCUT2D eigenvalue weighted by molar-refractivity contribution is 0.0724. The Kier molecular flexibility index (Phi) is 4.59. The van der Waals surface area contributed by atoms with Crippen LogP contribution in [0.1, 0.15) is 54.1 Å². The molecule has 3 nitrogen and oxygen atoms in total. The molecule has 0 aliphatic carbocycles. The Labute approximate surface area is 127 Å². The average molecular weight is 286 g/mol. The van der Waals surface area contributed by atoms with Gasteiger partial charge in [-0.3, -0.25) is 9.69 Å². The highest BCUT2D eigenvalue weighted by Gasteiger charge is 2.21. The van der Waals surface area contributed by atoms with Crippen LogP contribution in [0.25, 0.3) is 0 Å². The quantitative estimate of drug-likeness (QED) is 0.852. The predicted octanol–water partition coefficient (Wildman–Crippen LogP) is 3.08. The molecule has 1 saturated heterocycles. The van der Waals surface area contributed by atoms with Gasteiger partial charge in [-0.05, 0) is 61.9 Å². The minimum atomic E-state index is 0.230. The van der Waals surface area contributed by atoms with Crippen LogP contribution in [0.5, 0.6) is 0 Å². The number of amides is 1. The molecule has 0 bridgehead atoms.